The van der Waals surface area contributed by atoms with Gasteiger partial charge in [-0.1, -0.05) is 6.07 Å². The zero-order valence-electron chi connectivity index (χ0n) is 17.3. The van der Waals surface area contributed by atoms with Crippen molar-refractivity contribution in [2.24, 2.45) is 5.92 Å². The topological polar surface area (TPSA) is 39.2 Å². The second kappa shape index (κ2) is 11.0. The van der Waals surface area contributed by atoms with Gasteiger partial charge in [0.1, 0.15) is 0 Å². The van der Waals surface area contributed by atoms with Crippen molar-refractivity contribution >= 4 is 10.6 Å². The van der Waals surface area contributed by atoms with Gasteiger partial charge in [0.2, 0.25) is 0 Å². The molecule has 0 aromatic heterocycles. The monoisotopic (exact) mass is 446 g/mol. The molecule has 0 unspecified atom stereocenters. The van der Waals surface area contributed by atoms with Gasteiger partial charge < -0.3 is 5.48 Å². The summed E-state index contributed by atoms with van der Waals surface area (Å²) < 4.78 is 19.7. The maximum atomic E-state index is 13.8. The van der Waals surface area contributed by atoms with Crippen molar-refractivity contribution in [3.63, 3.8) is 0 Å². The molecule has 30 heavy (non-hydrogen) atoms. The maximum Gasteiger partial charge on any atom is -0.870 e. The molecular weight excluding hydrogens is 422 g/mol. The van der Waals surface area contributed by atoms with Gasteiger partial charge in [-0.2, -0.15) is 0 Å². The fourth-order valence-electron chi connectivity index (χ4n) is 3.11. The van der Waals surface area contributed by atoms with Crippen molar-refractivity contribution in [3.8, 4) is 5.75 Å². The first-order valence-corrected chi connectivity index (χ1v) is 10.2. The van der Waals surface area contributed by atoms with Crippen LogP contribution in [0.1, 0.15) is 36.1 Å². The second-order valence-corrected chi connectivity index (χ2v) is 7.54. The normalized spacial score (nSPS) is 11.6. The molecule has 3 rings (SSSR count). The fourth-order valence-corrected chi connectivity index (χ4v) is 3.59. The smallest absolute Gasteiger partial charge is 0.870 e. The molecule has 0 aliphatic heterocycles. The molecule has 0 bridgehead atoms. The summed E-state index contributed by atoms with van der Waals surface area (Å²) in [5.41, 5.74) is 5.62. The summed E-state index contributed by atoms with van der Waals surface area (Å²) in [6, 6.07) is 24.3. The Hall–Kier alpha value is -2.55. The van der Waals surface area contributed by atoms with Gasteiger partial charge in [-0.05, 0) is 0 Å². The van der Waals surface area contributed by atoms with E-state index in [4.69, 9.17) is 19.8 Å². The van der Waals surface area contributed by atoms with E-state index in [1.807, 2.05) is 54.6 Å². The molecule has 0 aliphatic rings. The van der Waals surface area contributed by atoms with Crippen molar-refractivity contribution in [1.29, 1.82) is 0 Å². The van der Waals surface area contributed by atoms with Crippen molar-refractivity contribution in [3.05, 3.63) is 106 Å². The average molecular weight is 447 g/mol. The average Bonchev–Trinajstić information content (AvgIpc) is 2.73. The maximum absolute atomic E-state index is 13.8. The van der Waals surface area contributed by atoms with Crippen LogP contribution in [0.4, 0.5) is 4.39 Å². The zero-order chi connectivity index (χ0) is 20.8. The van der Waals surface area contributed by atoms with Gasteiger partial charge in [-0.15, -0.1) is 0 Å². The molecule has 0 spiro atoms. The predicted molar refractivity (Wildman–Crippen MR) is 116 cm³/mol. The zero-order valence-corrected chi connectivity index (χ0v) is 18.2. The molecular formula is C26H25FNiO2-2. The standard InChI is InChI=1S/C26H24FO.Ni.H2O/c1-18(2)20(4)26(23-12-15-25(27)19(3)16-23)22-10-13-24(14-11-22)28-17-21-8-6-5-7-9-21;;/h4-10,12-16,18H,17H2,1-3H3;;1H2/q-1;;/p-1/b26-20-;;. The van der Waals surface area contributed by atoms with E-state index < -0.39 is 0 Å². The fraction of sp³-hybridized carbons (Fsp3) is 0.192. The molecule has 0 atom stereocenters. The Morgan fingerprint density at radius 1 is 1.10 bits per heavy atom. The minimum atomic E-state index is -0.210. The largest absolute Gasteiger partial charge is 0.870 e. The molecule has 3 aromatic rings. The van der Waals surface area contributed by atoms with Crippen molar-refractivity contribution in [1.82, 2.24) is 0 Å². The van der Waals surface area contributed by atoms with Crippen molar-refractivity contribution < 1.29 is 29.6 Å². The minimum Gasteiger partial charge on any atom is -0.870 e. The summed E-state index contributed by atoms with van der Waals surface area (Å²) in [7, 11) is 0. The Morgan fingerprint density at radius 3 is 2.40 bits per heavy atom. The van der Waals surface area contributed by atoms with Crippen molar-refractivity contribution in [2.45, 2.75) is 27.4 Å². The summed E-state index contributed by atoms with van der Waals surface area (Å²) in [4.78, 5) is 1.76. The number of hydrogen-bond acceptors (Lipinski definition) is 2. The number of allylic oxidation sites excluding steroid dienone is 1. The molecule has 4 heteroatoms. The SMILES string of the molecule is Cc1cc(/C(=C(/[CH]=[Ni])C(C)C)c2[c-]cc(OCc3ccccc3)cc2)ccc1F.[OH-]. The number of rotatable bonds is 7. The summed E-state index contributed by atoms with van der Waals surface area (Å²) in [6.07, 6.45) is 0. The summed E-state index contributed by atoms with van der Waals surface area (Å²) >= 11 is 4.98. The van der Waals surface area contributed by atoms with E-state index in [9.17, 15) is 4.39 Å². The van der Waals surface area contributed by atoms with Crippen LogP contribution >= 0.6 is 0 Å². The van der Waals surface area contributed by atoms with Crippen LogP contribution in [-0.4, -0.2) is 10.5 Å². The molecule has 160 valence electrons. The van der Waals surface area contributed by atoms with Crippen LogP contribution in [0, 0.1) is 24.7 Å². The van der Waals surface area contributed by atoms with E-state index in [-0.39, 0.29) is 17.2 Å². The van der Waals surface area contributed by atoms with Gasteiger partial charge in [0.25, 0.3) is 0 Å². The van der Waals surface area contributed by atoms with Gasteiger partial charge in [-0.25, -0.2) is 0 Å². The van der Waals surface area contributed by atoms with Gasteiger partial charge >= 0.3 is 174 Å². The third-order valence-corrected chi connectivity index (χ3v) is 5.06. The van der Waals surface area contributed by atoms with E-state index in [0.717, 1.165) is 33.6 Å². The molecule has 0 radical (unpaired) electrons. The number of halogens is 1. The Morgan fingerprint density at radius 2 is 1.83 bits per heavy atom. The molecule has 2 nitrogen and oxygen atoms in total. The van der Waals surface area contributed by atoms with Crippen LogP contribution in [0.3, 0.4) is 0 Å². The van der Waals surface area contributed by atoms with Gasteiger partial charge in [0.15, 0.2) is 0 Å². The minimum absolute atomic E-state index is 0. The van der Waals surface area contributed by atoms with E-state index in [2.05, 4.69) is 19.9 Å². The third-order valence-electron chi connectivity index (χ3n) is 4.76. The van der Waals surface area contributed by atoms with Gasteiger partial charge in [0.05, 0.1) is 0 Å². The molecule has 0 fully saturated rings. The summed E-state index contributed by atoms with van der Waals surface area (Å²) in [5, 5.41) is 0. The molecule has 0 aliphatic carbocycles. The van der Waals surface area contributed by atoms with Gasteiger partial charge in [0, 0.05) is 0 Å². The molecule has 0 saturated heterocycles. The van der Waals surface area contributed by atoms with E-state index >= 15 is 0 Å². The summed E-state index contributed by atoms with van der Waals surface area (Å²) in [6.45, 7) is 6.50. The quantitative estimate of drug-likeness (QED) is 0.322. The Bertz CT molecular complexity index is 1010. The van der Waals surface area contributed by atoms with E-state index in [0.29, 0.717) is 12.2 Å². The number of aryl methyl sites for hydroxylation is 1. The van der Waals surface area contributed by atoms with Crippen LogP contribution < -0.4 is 4.74 Å². The van der Waals surface area contributed by atoms with Crippen LogP contribution in [0.25, 0.3) is 5.57 Å². The van der Waals surface area contributed by atoms with Gasteiger partial charge in [-0.3, -0.25) is 0 Å². The van der Waals surface area contributed by atoms with Crippen molar-refractivity contribution in [2.75, 3.05) is 0 Å². The van der Waals surface area contributed by atoms with Crippen LogP contribution in [0.5, 0.6) is 5.75 Å². The number of benzene rings is 3. The Labute approximate surface area is 185 Å². The molecule has 0 amide bonds. The van der Waals surface area contributed by atoms with Crippen LogP contribution in [0.2, 0.25) is 0 Å². The molecule has 3 aromatic carbocycles. The van der Waals surface area contributed by atoms with E-state index in [1.165, 1.54) is 6.07 Å². The summed E-state index contributed by atoms with van der Waals surface area (Å²) in [5.74, 6) is 0.785. The first-order valence-electron chi connectivity index (χ1n) is 9.59. The second-order valence-electron chi connectivity index (χ2n) is 7.25. The Balaban J connectivity index is 0.00000320. The molecule has 0 saturated carbocycles. The number of hydrogen-bond donors (Lipinski definition) is 0. The molecule has 1 N–H and O–H groups in total. The third kappa shape index (κ3) is 5.75. The number of ether oxygens (including phenoxy) is 1. The van der Waals surface area contributed by atoms with Crippen LogP contribution in [0.15, 0.2) is 72.3 Å². The first-order chi connectivity index (χ1) is 14.0. The first kappa shape index (κ1) is 23.7. The predicted octanol–water partition coefficient (Wildman–Crippen LogP) is 6.14. The van der Waals surface area contributed by atoms with E-state index in [1.54, 1.807) is 18.0 Å². The molecule has 0 heterocycles. The van der Waals surface area contributed by atoms with Crippen LogP contribution in [-0.2, 0) is 21.6 Å². The Kier molecular flexibility index (Phi) is 8.71.